The molecule has 54 valence electrons. The van der Waals surface area contributed by atoms with Crippen LogP contribution in [0.1, 0.15) is 6.42 Å². The Hall–Kier alpha value is -0.120. The van der Waals surface area contributed by atoms with Gasteiger partial charge in [-0.1, -0.05) is 0 Å². The van der Waals surface area contributed by atoms with E-state index in [0.717, 1.165) is 32.6 Å². The zero-order chi connectivity index (χ0) is 6.53. The molecule has 0 bridgehead atoms. The molecule has 0 amide bonds. The Morgan fingerprint density at radius 3 is 2.89 bits per heavy atom. The predicted octanol–water partition coefficient (Wildman–Crippen LogP) is -1.10. The van der Waals surface area contributed by atoms with E-state index in [1.54, 1.807) is 0 Å². The molecular weight excluding hydrogens is 114 g/mol. The van der Waals surface area contributed by atoms with Gasteiger partial charge in [0.1, 0.15) is 0 Å². The number of rotatable bonds is 2. The third kappa shape index (κ3) is 2.30. The normalized spacial score (nSPS) is 28.3. The van der Waals surface area contributed by atoms with Crippen molar-refractivity contribution in [3.8, 4) is 0 Å². The first-order valence-electron chi connectivity index (χ1n) is 3.57. The minimum absolute atomic E-state index is 0.615. The molecule has 3 nitrogen and oxygen atoms in total. The molecule has 4 N–H and O–H groups in total. The van der Waals surface area contributed by atoms with Gasteiger partial charge in [-0.15, -0.1) is 0 Å². The Bertz CT molecular complexity index is 65.9. The Labute approximate surface area is 56.0 Å². The van der Waals surface area contributed by atoms with E-state index >= 15 is 0 Å². The van der Waals surface area contributed by atoms with Gasteiger partial charge in [0.05, 0.1) is 0 Å². The topological polar surface area (TPSA) is 50.1 Å². The molecule has 1 rings (SSSR count). The van der Waals surface area contributed by atoms with Gasteiger partial charge in [0.25, 0.3) is 0 Å². The Kier molecular flexibility index (Phi) is 2.97. The number of piperazine rings is 1. The first-order chi connectivity index (χ1) is 4.43. The van der Waals surface area contributed by atoms with Gasteiger partial charge in [-0.2, -0.15) is 0 Å². The van der Waals surface area contributed by atoms with Crippen LogP contribution in [0.3, 0.4) is 0 Å². The molecule has 1 fully saturated rings. The highest BCUT2D eigenvalue weighted by molar-refractivity contribution is 4.74. The van der Waals surface area contributed by atoms with Crippen LogP contribution in [-0.2, 0) is 0 Å². The first-order valence-corrected chi connectivity index (χ1v) is 3.57. The maximum Gasteiger partial charge on any atom is 0.0205 e. The van der Waals surface area contributed by atoms with E-state index in [-0.39, 0.29) is 0 Å². The second kappa shape index (κ2) is 3.82. The largest absolute Gasteiger partial charge is 0.330 e. The van der Waals surface area contributed by atoms with Crippen molar-refractivity contribution in [2.24, 2.45) is 5.73 Å². The van der Waals surface area contributed by atoms with Gasteiger partial charge >= 0.3 is 0 Å². The molecule has 9 heavy (non-hydrogen) atoms. The monoisotopic (exact) mass is 129 g/mol. The van der Waals surface area contributed by atoms with Crippen molar-refractivity contribution in [2.75, 3.05) is 26.2 Å². The summed E-state index contributed by atoms with van der Waals surface area (Å²) in [6, 6.07) is 0.615. The minimum Gasteiger partial charge on any atom is -0.330 e. The van der Waals surface area contributed by atoms with Crippen LogP contribution in [0.5, 0.6) is 0 Å². The quantitative estimate of drug-likeness (QED) is 0.443. The van der Waals surface area contributed by atoms with Gasteiger partial charge in [-0.3, -0.25) is 0 Å². The highest BCUT2D eigenvalue weighted by Crippen LogP contribution is 1.90. The van der Waals surface area contributed by atoms with Crippen molar-refractivity contribution < 1.29 is 0 Å². The summed E-state index contributed by atoms with van der Waals surface area (Å²) in [5, 5.41) is 6.68. The van der Waals surface area contributed by atoms with Crippen molar-refractivity contribution >= 4 is 0 Å². The lowest BCUT2D eigenvalue weighted by Crippen LogP contribution is -2.48. The summed E-state index contributed by atoms with van der Waals surface area (Å²) in [6.45, 7) is 4.06. The summed E-state index contributed by atoms with van der Waals surface area (Å²) >= 11 is 0. The van der Waals surface area contributed by atoms with E-state index in [1.807, 2.05) is 0 Å². The van der Waals surface area contributed by atoms with E-state index in [1.165, 1.54) is 0 Å². The molecule has 0 spiro atoms. The summed E-state index contributed by atoms with van der Waals surface area (Å²) in [5.74, 6) is 0. The highest BCUT2D eigenvalue weighted by Gasteiger charge is 2.09. The van der Waals surface area contributed by atoms with Crippen molar-refractivity contribution in [2.45, 2.75) is 12.5 Å². The molecule has 0 unspecified atom stereocenters. The summed E-state index contributed by atoms with van der Waals surface area (Å²) in [7, 11) is 0. The number of hydrogen-bond donors (Lipinski definition) is 3. The molecule has 1 heterocycles. The van der Waals surface area contributed by atoms with Crippen molar-refractivity contribution in [3.05, 3.63) is 0 Å². The fraction of sp³-hybridized carbons (Fsp3) is 1.00. The standard InChI is InChI=1S/C6H15N3/c7-2-1-6-5-8-3-4-9-6/h6,8-9H,1-5,7H2/t6-/m0/s1. The average molecular weight is 129 g/mol. The molecule has 1 atom stereocenters. The summed E-state index contributed by atoms with van der Waals surface area (Å²) in [6.07, 6.45) is 1.09. The highest BCUT2D eigenvalue weighted by atomic mass is 15.1. The minimum atomic E-state index is 0.615. The molecule has 1 aliphatic rings. The lowest BCUT2D eigenvalue weighted by atomic mass is 10.2. The number of nitrogens with one attached hydrogen (secondary N) is 2. The van der Waals surface area contributed by atoms with E-state index in [4.69, 9.17) is 5.73 Å². The van der Waals surface area contributed by atoms with Crippen LogP contribution in [0.4, 0.5) is 0 Å². The van der Waals surface area contributed by atoms with Gasteiger partial charge in [-0.05, 0) is 13.0 Å². The molecule has 0 aromatic heterocycles. The molecule has 1 saturated heterocycles. The number of nitrogens with two attached hydrogens (primary N) is 1. The number of hydrogen-bond acceptors (Lipinski definition) is 3. The molecule has 1 aliphatic heterocycles. The molecular formula is C6H15N3. The SMILES string of the molecule is NCC[C@H]1CNCCN1. The lowest BCUT2D eigenvalue weighted by Gasteiger charge is -2.23. The summed E-state index contributed by atoms with van der Waals surface area (Å²) < 4.78 is 0. The van der Waals surface area contributed by atoms with Crippen LogP contribution in [0.25, 0.3) is 0 Å². The Morgan fingerprint density at radius 1 is 1.44 bits per heavy atom. The zero-order valence-electron chi connectivity index (χ0n) is 5.69. The van der Waals surface area contributed by atoms with Gasteiger partial charge in [0.15, 0.2) is 0 Å². The first kappa shape index (κ1) is 6.99. The van der Waals surface area contributed by atoms with E-state index < -0.39 is 0 Å². The second-order valence-electron chi connectivity index (χ2n) is 2.43. The average Bonchev–Trinajstić information content (AvgIpc) is 1.91. The van der Waals surface area contributed by atoms with Gasteiger partial charge in [0, 0.05) is 25.7 Å². The van der Waals surface area contributed by atoms with Crippen LogP contribution in [0.2, 0.25) is 0 Å². The van der Waals surface area contributed by atoms with Crippen LogP contribution < -0.4 is 16.4 Å². The van der Waals surface area contributed by atoms with Crippen LogP contribution >= 0.6 is 0 Å². The third-order valence-electron chi connectivity index (χ3n) is 1.64. The van der Waals surface area contributed by atoms with Crippen molar-refractivity contribution in [1.29, 1.82) is 0 Å². The van der Waals surface area contributed by atoms with E-state index in [9.17, 15) is 0 Å². The zero-order valence-corrected chi connectivity index (χ0v) is 5.69. The fourth-order valence-corrected chi connectivity index (χ4v) is 1.12. The summed E-state index contributed by atoms with van der Waals surface area (Å²) in [4.78, 5) is 0. The summed E-state index contributed by atoms with van der Waals surface area (Å²) in [5.41, 5.74) is 5.39. The van der Waals surface area contributed by atoms with E-state index in [0.29, 0.717) is 6.04 Å². The van der Waals surface area contributed by atoms with Crippen LogP contribution in [-0.4, -0.2) is 32.2 Å². The smallest absolute Gasteiger partial charge is 0.0205 e. The van der Waals surface area contributed by atoms with Gasteiger partial charge < -0.3 is 16.4 Å². The van der Waals surface area contributed by atoms with Crippen LogP contribution in [0, 0.1) is 0 Å². The molecule has 0 aliphatic carbocycles. The van der Waals surface area contributed by atoms with Crippen molar-refractivity contribution in [3.63, 3.8) is 0 Å². The Morgan fingerprint density at radius 2 is 2.33 bits per heavy atom. The molecule has 0 saturated carbocycles. The maximum absolute atomic E-state index is 5.39. The predicted molar refractivity (Wildman–Crippen MR) is 38.3 cm³/mol. The van der Waals surface area contributed by atoms with E-state index in [2.05, 4.69) is 10.6 Å². The molecule has 0 aromatic carbocycles. The fourth-order valence-electron chi connectivity index (χ4n) is 1.12. The third-order valence-corrected chi connectivity index (χ3v) is 1.64. The molecule has 3 heteroatoms. The lowest BCUT2D eigenvalue weighted by molar-refractivity contribution is 0.403. The maximum atomic E-state index is 5.39. The Balaban J connectivity index is 2.08. The molecule has 0 aromatic rings. The van der Waals surface area contributed by atoms with Crippen molar-refractivity contribution in [1.82, 2.24) is 10.6 Å². The molecule has 0 radical (unpaired) electrons. The van der Waals surface area contributed by atoms with Crippen LogP contribution in [0.15, 0.2) is 0 Å². The second-order valence-corrected chi connectivity index (χ2v) is 2.43. The van der Waals surface area contributed by atoms with Gasteiger partial charge in [0.2, 0.25) is 0 Å². The van der Waals surface area contributed by atoms with Gasteiger partial charge in [-0.25, -0.2) is 0 Å².